The number of hydrogen-bond acceptors (Lipinski definition) is 3. The summed E-state index contributed by atoms with van der Waals surface area (Å²) in [7, 11) is 0. The molecule has 0 aromatic carbocycles. The Kier molecular flexibility index (Phi) is 4.22. The number of hydrogen-bond donors (Lipinski definition) is 1. The van der Waals surface area contributed by atoms with E-state index in [1.807, 2.05) is 4.90 Å². The number of likely N-dealkylation sites (tertiary alicyclic amines) is 1. The lowest BCUT2D eigenvalue weighted by Crippen LogP contribution is -2.55. The van der Waals surface area contributed by atoms with Gasteiger partial charge in [0.2, 0.25) is 5.91 Å². The Bertz CT molecular complexity index is 340. The van der Waals surface area contributed by atoms with E-state index in [1.165, 1.54) is 6.42 Å². The minimum atomic E-state index is -0.648. The molecule has 2 aliphatic rings. The number of rotatable bonds is 2. The van der Waals surface area contributed by atoms with E-state index in [-0.39, 0.29) is 5.91 Å². The monoisotopic (exact) mass is 270 g/mol. The second-order valence-electron chi connectivity index (χ2n) is 5.56. The van der Waals surface area contributed by atoms with Gasteiger partial charge in [0, 0.05) is 26.3 Å². The third kappa shape index (κ3) is 2.52. The van der Waals surface area contributed by atoms with Crippen LogP contribution in [-0.2, 0) is 9.53 Å². The fraction of sp³-hybridized carbons (Fsp3) is 0.846. The van der Waals surface area contributed by atoms with Gasteiger partial charge in [-0.05, 0) is 31.6 Å². The Morgan fingerprint density at radius 1 is 1.44 bits per heavy atom. The van der Waals surface area contributed by atoms with Crippen molar-refractivity contribution in [2.24, 2.45) is 17.1 Å². The van der Waals surface area contributed by atoms with Gasteiger partial charge in [-0.3, -0.25) is 4.79 Å². The van der Waals surface area contributed by atoms with Gasteiger partial charge in [0.25, 0.3) is 0 Å². The molecule has 2 fully saturated rings. The Balaban J connectivity index is 2.15. The fourth-order valence-corrected chi connectivity index (χ4v) is 3.25. The molecule has 18 heavy (non-hydrogen) atoms. The standard InChI is InChI=1S/C13H22N2O2S/c1-10-3-2-6-15(9-10)12(16)13(11(14)18)4-7-17-8-5-13/h10H,2-9H2,1H3,(H2,14,18). The first-order valence-electron chi connectivity index (χ1n) is 6.73. The Morgan fingerprint density at radius 3 is 2.67 bits per heavy atom. The zero-order chi connectivity index (χ0) is 13.2. The zero-order valence-corrected chi connectivity index (χ0v) is 11.8. The largest absolute Gasteiger partial charge is 0.392 e. The van der Waals surface area contributed by atoms with Crippen molar-refractivity contribution in [2.45, 2.75) is 32.6 Å². The summed E-state index contributed by atoms with van der Waals surface area (Å²) in [5.74, 6) is 0.704. The molecule has 4 nitrogen and oxygen atoms in total. The summed E-state index contributed by atoms with van der Waals surface area (Å²) in [6.07, 6.45) is 3.54. The molecule has 1 unspecified atom stereocenters. The van der Waals surface area contributed by atoms with Crippen LogP contribution in [-0.4, -0.2) is 42.1 Å². The van der Waals surface area contributed by atoms with E-state index in [0.29, 0.717) is 37.0 Å². The molecule has 2 rings (SSSR count). The highest BCUT2D eigenvalue weighted by Gasteiger charge is 2.45. The molecule has 5 heteroatoms. The van der Waals surface area contributed by atoms with Gasteiger partial charge >= 0.3 is 0 Å². The Labute approximate surface area is 114 Å². The highest BCUT2D eigenvalue weighted by molar-refractivity contribution is 7.80. The van der Waals surface area contributed by atoms with E-state index >= 15 is 0 Å². The molecule has 1 atom stereocenters. The maximum atomic E-state index is 12.8. The SMILES string of the molecule is CC1CCCN(C(=O)C2(C(N)=S)CCOCC2)C1. The molecule has 0 aliphatic carbocycles. The predicted molar refractivity (Wildman–Crippen MR) is 74.2 cm³/mol. The number of ether oxygens (including phenoxy) is 1. The van der Waals surface area contributed by atoms with E-state index in [1.54, 1.807) is 0 Å². The molecule has 2 saturated heterocycles. The zero-order valence-electron chi connectivity index (χ0n) is 11.0. The molecule has 102 valence electrons. The average Bonchev–Trinajstić information content (AvgIpc) is 2.38. The second kappa shape index (κ2) is 5.53. The van der Waals surface area contributed by atoms with E-state index in [2.05, 4.69) is 6.92 Å². The number of nitrogens with zero attached hydrogens (tertiary/aromatic N) is 1. The van der Waals surface area contributed by atoms with Gasteiger partial charge in [-0.2, -0.15) is 0 Å². The Morgan fingerprint density at radius 2 is 2.11 bits per heavy atom. The number of piperidine rings is 1. The van der Waals surface area contributed by atoms with Crippen LogP contribution in [0.25, 0.3) is 0 Å². The fourth-order valence-electron chi connectivity index (χ4n) is 2.96. The Hall–Kier alpha value is -0.680. The van der Waals surface area contributed by atoms with Crippen LogP contribution in [0.5, 0.6) is 0 Å². The molecule has 0 aromatic heterocycles. The van der Waals surface area contributed by atoms with Crippen LogP contribution in [0.2, 0.25) is 0 Å². The molecule has 0 bridgehead atoms. The summed E-state index contributed by atoms with van der Waals surface area (Å²) in [6.45, 7) is 5.02. The highest BCUT2D eigenvalue weighted by Crippen LogP contribution is 2.34. The van der Waals surface area contributed by atoms with E-state index in [4.69, 9.17) is 22.7 Å². The minimum Gasteiger partial charge on any atom is -0.392 e. The number of carbonyl (C=O) groups is 1. The van der Waals surface area contributed by atoms with Crippen molar-refractivity contribution in [3.63, 3.8) is 0 Å². The quantitative estimate of drug-likeness (QED) is 0.769. The van der Waals surface area contributed by atoms with Crippen molar-refractivity contribution >= 4 is 23.1 Å². The molecule has 0 radical (unpaired) electrons. The lowest BCUT2D eigenvalue weighted by atomic mass is 9.78. The van der Waals surface area contributed by atoms with Crippen molar-refractivity contribution in [3.8, 4) is 0 Å². The van der Waals surface area contributed by atoms with Crippen LogP contribution in [0.1, 0.15) is 32.6 Å². The maximum Gasteiger partial charge on any atom is 0.235 e. The molecule has 0 spiro atoms. The normalized spacial score (nSPS) is 27.8. The third-order valence-corrected chi connectivity index (χ3v) is 4.56. The summed E-state index contributed by atoms with van der Waals surface area (Å²) in [6, 6.07) is 0. The van der Waals surface area contributed by atoms with Crippen molar-refractivity contribution < 1.29 is 9.53 Å². The summed E-state index contributed by atoms with van der Waals surface area (Å²) in [4.78, 5) is 15.1. The van der Waals surface area contributed by atoms with Crippen LogP contribution in [0.4, 0.5) is 0 Å². The molecule has 2 heterocycles. The van der Waals surface area contributed by atoms with Gasteiger partial charge in [0.15, 0.2) is 0 Å². The van der Waals surface area contributed by atoms with Crippen LogP contribution in [0.3, 0.4) is 0 Å². The summed E-state index contributed by atoms with van der Waals surface area (Å²) in [5.41, 5.74) is 5.22. The number of nitrogens with two attached hydrogens (primary N) is 1. The van der Waals surface area contributed by atoms with Crippen LogP contribution in [0, 0.1) is 11.3 Å². The van der Waals surface area contributed by atoms with E-state index in [9.17, 15) is 4.79 Å². The predicted octanol–water partition coefficient (Wildman–Crippen LogP) is 1.33. The molecule has 0 aromatic rings. The second-order valence-corrected chi connectivity index (χ2v) is 6.00. The van der Waals surface area contributed by atoms with Crippen molar-refractivity contribution in [2.75, 3.05) is 26.3 Å². The molecule has 1 amide bonds. The molecule has 2 N–H and O–H groups in total. The van der Waals surface area contributed by atoms with Gasteiger partial charge < -0.3 is 15.4 Å². The van der Waals surface area contributed by atoms with Crippen molar-refractivity contribution in [3.05, 3.63) is 0 Å². The molecule has 0 saturated carbocycles. The average molecular weight is 270 g/mol. The smallest absolute Gasteiger partial charge is 0.235 e. The number of carbonyl (C=O) groups excluding carboxylic acids is 1. The van der Waals surface area contributed by atoms with Crippen LogP contribution in [0.15, 0.2) is 0 Å². The molecular weight excluding hydrogens is 248 g/mol. The summed E-state index contributed by atoms with van der Waals surface area (Å²) in [5, 5.41) is 0. The first kappa shape index (κ1) is 13.7. The summed E-state index contributed by atoms with van der Waals surface area (Å²) >= 11 is 5.18. The van der Waals surface area contributed by atoms with Gasteiger partial charge in [0.05, 0.1) is 4.99 Å². The van der Waals surface area contributed by atoms with Gasteiger partial charge in [-0.1, -0.05) is 19.1 Å². The first-order valence-corrected chi connectivity index (χ1v) is 7.14. The van der Waals surface area contributed by atoms with E-state index < -0.39 is 5.41 Å². The first-order chi connectivity index (χ1) is 8.56. The number of amides is 1. The maximum absolute atomic E-state index is 12.8. The third-order valence-electron chi connectivity index (χ3n) is 4.17. The van der Waals surface area contributed by atoms with Gasteiger partial charge in [-0.15, -0.1) is 0 Å². The van der Waals surface area contributed by atoms with Crippen molar-refractivity contribution in [1.29, 1.82) is 0 Å². The van der Waals surface area contributed by atoms with Crippen LogP contribution < -0.4 is 5.73 Å². The molecular formula is C13H22N2O2S. The van der Waals surface area contributed by atoms with Gasteiger partial charge in [0.1, 0.15) is 5.41 Å². The minimum absolute atomic E-state index is 0.129. The lowest BCUT2D eigenvalue weighted by Gasteiger charge is -2.41. The van der Waals surface area contributed by atoms with Gasteiger partial charge in [-0.25, -0.2) is 0 Å². The highest BCUT2D eigenvalue weighted by atomic mass is 32.1. The lowest BCUT2D eigenvalue weighted by molar-refractivity contribution is -0.144. The molecule has 2 aliphatic heterocycles. The van der Waals surface area contributed by atoms with E-state index in [0.717, 1.165) is 19.5 Å². The topological polar surface area (TPSA) is 55.6 Å². The summed E-state index contributed by atoms with van der Waals surface area (Å²) < 4.78 is 5.35. The van der Waals surface area contributed by atoms with Crippen LogP contribution >= 0.6 is 12.2 Å². The number of thiocarbonyl (C=S) groups is 1. The van der Waals surface area contributed by atoms with Crippen molar-refractivity contribution in [1.82, 2.24) is 4.90 Å².